The van der Waals surface area contributed by atoms with Crippen molar-refractivity contribution in [2.75, 3.05) is 12.3 Å². The Balaban J connectivity index is 1.88. The molecule has 0 spiro atoms. The fraction of sp³-hybridized carbons (Fsp3) is 0.273. The highest BCUT2D eigenvalue weighted by molar-refractivity contribution is 7.12. The van der Waals surface area contributed by atoms with E-state index in [1.807, 2.05) is 42.8 Å². The zero-order valence-corrected chi connectivity index (χ0v) is 19.5. The summed E-state index contributed by atoms with van der Waals surface area (Å²) in [7, 11) is 1.28. The van der Waals surface area contributed by atoms with E-state index >= 15 is 0 Å². The van der Waals surface area contributed by atoms with Crippen molar-refractivity contribution in [2.24, 2.45) is 13.0 Å². The highest BCUT2D eigenvalue weighted by atomic mass is 32.1. The van der Waals surface area contributed by atoms with Crippen LogP contribution in [0.25, 0.3) is 11.6 Å². The summed E-state index contributed by atoms with van der Waals surface area (Å²) in [5, 5.41) is 3.72. The molecule has 0 aliphatic carbocycles. The second kappa shape index (κ2) is 9.92. The molecule has 0 saturated carbocycles. The normalized spacial score (nSPS) is 11.7. The van der Waals surface area contributed by atoms with Gasteiger partial charge in [0, 0.05) is 23.3 Å². The molecule has 0 fully saturated rings. The highest BCUT2D eigenvalue weighted by Gasteiger charge is 2.24. The number of ketones is 1. The summed E-state index contributed by atoms with van der Waals surface area (Å²) in [5.41, 5.74) is 4.54. The van der Waals surface area contributed by atoms with E-state index in [9.17, 15) is 19.2 Å². The number of Topliss-reactive ketones (excluding diaryl/α,β-unsaturated/α-hetero) is 1. The van der Waals surface area contributed by atoms with Gasteiger partial charge in [-0.2, -0.15) is 0 Å². The molecule has 8 nitrogen and oxygen atoms in total. The van der Waals surface area contributed by atoms with Crippen LogP contribution >= 0.6 is 22.7 Å². The molecule has 168 valence electrons. The Morgan fingerprint density at radius 2 is 1.84 bits per heavy atom. The maximum atomic E-state index is 12.8. The number of carbonyl (C=O) groups is 2. The third-order valence-electron chi connectivity index (χ3n) is 4.58. The summed E-state index contributed by atoms with van der Waals surface area (Å²) in [5.74, 6) is -1.62. The van der Waals surface area contributed by atoms with E-state index in [0.717, 1.165) is 9.44 Å². The van der Waals surface area contributed by atoms with E-state index in [1.165, 1.54) is 34.3 Å². The van der Waals surface area contributed by atoms with E-state index in [4.69, 9.17) is 10.5 Å². The van der Waals surface area contributed by atoms with Crippen molar-refractivity contribution in [1.29, 1.82) is 0 Å². The van der Waals surface area contributed by atoms with Crippen molar-refractivity contribution in [3.8, 4) is 0 Å². The summed E-state index contributed by atoms with van der Waals surface area (Å²) in [4.78, 5) is 52.1. The molecule has 2 N–H and O–H groups in total. The minimum Gasteiger partial charge on any atom is -0.454 e. The number of aromatic nitrogens is 2. The van der Waals surface area contributed by atoms with Gasteiger partial charge in [0.1, 0.15) is 11.4 Å². The third kappa shape index (κ3) is 4.97. The average Bonchev–Trinajstić information content (AvgIpc) is 3.46. The van der Waals surface area contributed by atoms with Crippen LogP contribution in [0.3, 0.4) is 0 Å². The Hall–Kier alpha value is -3.24. The predicted molar refractivity (Wildman–Crippen MR) is 127 cm³/mol. The first-order chi connectivity index (χ1) is 15.2. The molecule has 0 saturated heterocycles. The number of esters is 1. The van der Waals surface area contributed by atoms with Gasteiger partial charge in [-0.1, -0.05) is 26.0 Å². The van der Waals surface area contributed by atoms with Crippen LogP contribution in [-0.2, 0) is 23.1 Å². The van der Waals surface area contributed by atoms with Gasteiger partial charge in [0.2, 0.25) is 5.78 Å². The molecule has 0 aliphatic heterocycles. The van der Waals surface area contributed by atoms with Crippen molar-refractivity contribution >= 4 is 51.9 Å². The number of rotatable bonds is 8. The standard InChI is InChI=1S/C22H23N3O5S2/c1-13(2)11-25-19(23)18(20(27)24(3)22(25)29)16(26)12-30-21(28)15(17-7-5-9-32-17)10-14-6-4-8-31-14/h4-10,13H,11-12,23H2,1-3H3/b15-10+. The van der Waals surface area contributed by atoms with Gasteiger partial charge in [0.25, 0.3) is 5.56 Å². The maximum Gasteiger partial charge on any atom is 0.340 e. The molecule has 3 aromatic heterocycles. The molecule has 0 bridgehead atoms. The smallest absolute Gasteiger partial charge is 0.340 e. The van der Waals surface area contributed by atoms with Crippen LogP contribution in [0.1, 0.15) is 34.0 Å². The van der Waals surface area contributed by atoms with Gasteiger partial charge < -0.3 is 10.5 Å². The predicted octanol–water partition coefficient (Wildman–Crippen LogP) is 2.87. The number of nitrogen functional groups attached to an aromatic ring is 1. The molecule has 0 aliphatic rings. The van der Waals surface area contributed by atoms with Crippen molar-refractivity contribution in [3.63, 3.8) is 0 Å². The molecule has 3 aromatic rings. The number of anilines is 1. The van der Waals surface area contributed by atoms with Gasteiger partial charge in [-0.15, -0.1) is 22.7 Å². The van der Waals surface area contributed by atoms with Gasteiger partial charge in [0.05, 0.1) is 5.57 Å². The first kappa shape index (κ1) is 23.4. The topological polar surface area (TPSA) is 113 Å². The number of thiophene rings is 2. The number of hydrogen-bond acceptors (Lipinski definition) is 8. The highest BCUT2D eigenvalue weighted by Crippen LogP contribution is 2.26. The van der Waals surface area contributed by atoms with Crippen LogP contribution < -0.4 is 17.0 Å². The van der Waals surface area contributed by atoms with Crippen LogP contribution in [0.4, 0.5) is 5.82 Å². The van der Waals surface area contributed by atoms with Crippen LogP contribution in [0.15, 0.2) is 44.6 Å². The molecule has 0 radical (unpaired) electrons. The molecule has 0 unspecified atom stereocenters. The van der Waals surface area contributed by atoms with Crippen molar-refractivity contribution in [2.45, 2.75) is 20.4 Å². The lowest BCUT2D eigenvalue weighted by molar-refractivity contribution is -0.135. The molecule has 32 heavy (non-hydrogen) atoms. The van der Waals surface area contributed by atoms with Crippen molar-refractivity contribution in [3.05, 3.63) is 71.2 Å². The zero-order chi connectivity index (χ0) is 23.4. The number of hydrogen-bond donors (Lipinski definition) is 1. The second-order valence-corrected chi connectivity index (χ2v) is 9.39. The molecule has 10 heteroatoms. The van der Waals surface area contributed by atoms with Crippen LogP contribution in [0, 0.1) is 5.92 Å². The summed E-state index contributed by atoms with van der Waals surface area (Å²) in [6, 6.07) is 7.31. The zero-order valence-electron chi connectivity index (χ0n) is 17.9. The van der Waals surface area contributed by atoms with Gasteiger partial charge in [-0.25, -0.2) is 9.59 Å². The molecule has 0 aromatic carbocycles. The Bertz CT molecular complexity index is 1270. The Morgan fingerprint density at radius 1 is 1.16 bits per heavy atom. The van der Waals surface area contributed by atoms with Crippen LogP contribution in [-0.4, -0.2) is 27.5 Å². The first-order valence-electron chi connectivity index (χ1n) is 9.79. The Morgan fingerprint density at radius 3 is 2.44 bits per heavy atom. The molecule has 3 heterocycles. The van der Waals surface area contributed by atoms with E-state index in [-0.39, 0.29) is 23.8 Å². The van der Waals surface area contributed by atoms with Crippen LogP contribution in [0.5, 0.6) is 0 Å². The fourth-order valence-electron chi connectivity index (χ4n) is 3.05. The summed E-state index contributed by atoms with van der Waals surface area (Å²) in [6.07, 6.45) is 1.69. The summed E-state index contributed by atoms with van der Waals surface area (Å²) < 4.78 is 7.28. The van der Waals surface area contributed by atoms with Crippen LogP contribution in [0.2, 0.25) is 0 Å². The lowest BCUT2D eigenvalue weighted by Crippen LogP contribution is -2.43. The SMILES string of the molecule is CC(C)Cn1c(N)c(C(=O)COC(=O)/C(=C/c2cccs2)c2cccs2)c(=O)n(C)c1=O. The van der Waals surface area contributed by atoms with E-state index in [2.05, 4.69) is 0 Å². The first-order valence-corrected chi connectivity index (χ1v) is 11.5. The Labute approximate surface area is 192 Å². The Kier molecular flexibility index (Phi) is 7.26. The number of ether oxygens (including phenoxy) is 1. The summed E-state index contributed by atoms with van der Waals surface area (Å²) in [6.45, 7) is 3.33. The molecule has 3 rings (SSSR count). The minimum absolute atomic E-state index is 0.0593. The molecule has 0 atom stereocenters. The largest absolute Gasteiger partial charge is 0.454 e. The van der Waals surface area contributed by atoms with Gasteiger partial charge >= 0.3 is 11.7 Å². The van der Waals surface area contributed by atoms with Crippen molar-refractivity contribution < 1.29 is 14.3 Å². The van der Waals surface area contributed by atoms with E-state index in [1.54, 1.807) is 12.1 Å². The molecule has 0 amide bonds. The number of nitrogens with two attached hydrogens (primary N) is 1. The lowest BCUT2D eigenvalue weighted by Gasteiger charge is -2.16. The number of nitrogens with zero attached hydrogens (tertiary/aromatic N) is 2. The van der Waals surface area contributed by atoms with Gasteiger partial charge in [-0.3, -0.25) is 18.7 Å². The monoisotopic (exact) mass is 473 g/mol. The maximum absolute atomic E-state index is 12.8. The lowest BCUT2D eigenvalue weighted by atomic mass is 10.1. The average molecular weight is 474 g/mol. The van der Waals surface area contributed by atoms with E-state index in [0.29, 0.717) is 10.5 Å². The van der Waals surface area contributed by atoms with Gasteiger partial charge in [-0.05, 0) is 34.9 Å². The summed E-state index contributed by atoms with van der Waals surface area (Å²) >= 11 is 2.83. The van der Waals surface area contributed by atoms with Gasteiger partial charge in [0.15, 0.2) is 6.61 Å². The fourth-order valence-corrected chi connectivity index (χ4v) is 4.43. The molecular formula is C22H23N3O5S2. The third-order valence-corrected chi connectivity index (χ3v) is 6.30. The second-order valence-electron chi connectivity index (χ2n) is 7.46. The molecular weight excluding hydrogens is 450 g/mol. The van der Waals surface area contributed by atoms with Crippen molar-refractivity contribution in [1.82, 2.24) is 9.13 Å². The number of carbonyl (C=O) groups excluding carboxylic acids is 2. The minimum atomic E-state index is -0.818. The quantitative estimate of drug-likeness (QED) is 0.306. The van der Waals surface area contributed by atoms with E-state index < -0.39 is 29.6 Å².